The van der Waals surface area contributed by atoms with Gasteiger partial charge in [-0.2, -0.15) is 0 Å². The van der Waals surface area contributed by atoms with Gasteiger partial charge in [0.2, 0.25) is 5.95 Å². The van der Waals surface area contributed by atoms with E-state index in [0.29, 0.717) is 5.95 Å². The Bertz CT molecular complexity index is 2860. The third-order valence-corrected chi connectivity index (χ3v) is 10.7. The van der Waals surface area contributed by atoms with Crippen molar-refractivity contribution in [1.29, 1.82) is 0 Å². The molecule has 3 heterocycles. The Labute approximate surface area is 275 Å². The van der Waals surface area contributed by atoms with Crippen LogP contribution in [-0.2, 0) is 0 Å². The van der Waals surface area contributed by atoms with Gasteiger partial charge >= 0.3 is 0 Å². The zero-order chi connectivity index (χ0) is 31.1. The summed E-state index contributed by atoms with van der Waals surface area (Å²) < 4.78 is 4.90. The van der Waals surface area contributed by atoms with E-state index in [2.05, 4.69) is 157 Å². The first-order valence-electron chi connectivity index (χ1n) is 15.9. The second-order valence-corrected chi connectivity index (χ2v) is 13.3. The summed E-state index contributed by atoms with van der Waals surface area (Å²) in [6, 6.07) is 52.1. The summed E-state index contributed by atoms with van der Waals surface area (Å²) in [4.78, 5) is 10.7. The number of rotatable bonds is 3. The third kappa shape index (κ3) is 3.92. The van der Waals surface area contributed by atoms with Crippen LogP contribution >= 0.6 is 11.3 Å². The van der Waals surface area contributed by atoms with E-state index in [-0.39, 0.29) is 0 Å². The van der Waals surface area contributed by atoms with Gasteiger partial charge in [0, 0.05) is 47.3 Å². The van der Waals surface area contributed by atoms with E-state index < -0.39 is 0 Å². The summed E-state index contributed by atoms with van der Waals surface area (Å²) in [5.41, 5.74) is 8.83. The summed E-state index contributed by atoms with van der Waals surface area (Å²) in [5, 5.41) is 8.51. The van der Waals surface area contributed by atoms with E-state index in [0.717, 1.165) is 33.2 Å². The number of fused-ring (bicyclic) bond motifs is 10. The molecule has 4 heteroatoms. The summed E-state index contributed by atoms with van der Waals surface area (Å²) in [6.07, 6.45) is 0. The first kappa shape index (κ1) is 26.4. The Morgan fingerprint density at radius 2 is 1.28 bits per heavy atom. The maximum Gasteiger partial charge on any atom is 0.235 e. The molecular weight excluding hydrogens is 591 g/mol. The predicted molar refractivity (Wildman–Crippen MR) is 200 cm³/mol. The van der Waals surface area contributed by atoms with Crippen LogP contribution in [0.4, 0.5) is 0 Å². The van der Waals surface area contributed by atoms with Crippen LogP contribution in [0, 0.1) is 6.92 Å². The molecule has 0 N–H and O–H groups in total. The first-order chi connectivity index (χ1) is 23.2. The van der Waals surface area contributed by atoms with Crippen LogP contribution < -0.4 is 0 Å². The second-order valence-electron chi connectivity index (χ2n) is 12.2. The highest BCUT2D eigenvalue weighted by Crippen LogP contribution is 2.44. The summed E-state index contributed by atoms with van der Waals surface area (Å²) in [5.74, 6) is 0.682. The summed E-state index contributed by atoms with van der Waals surface area (Å²) in [6.45, 7) is 2.19. The minimum Gasteiger partial charge on any atom is -0.277 e. The van der Waals surface area contributed by atoms with E-state index >= 15 is 0 Å². The topological polar surface area (TPSA) is 30.7 Å². The highest BCUT2D eigenvalue weighted by molar-refractivity contribution is 7.26. The van der Waals surface area contributed by atoms with Gasteiger partial charge in [0.25, 0.3) is 0 Å². The van der Waals surface area contributed by atoms with Gasteiger partial charge in [-0.1, -0.05) is 127 Å². The summed E-state index contributed by atoms with van der Waals surface area (Å²) in [7, 11) is 0. The van der Waals surface area contributed by atoms with Crippen molar-refractivity contribution in [3.63, 3.8) is 0 Å². The SMILES string of the molecule is Cc1cc(-c2ccccc2)ccc1-c1nc(-n2c3ccccc3c3ccc4ccc5c6ccccc6sc5c4c32)nc2ccccc12. The van der Waals surface area contributed by atoms with Crippen LogP contribution in [0.2, 0.25) is 0 Å². The molecule has 0 atom stereocenters. The lowest BCUT2D eigenvalue weighted by Gasteiger charge is -2.14. The van der Waals surface area contributed by atoms with Crippen LogP contribution in [0.3, 0.4) is 0 Å². The molecule has 0 fully saturated rings. The number of hydrogen-bond donors (Lipinski definition) is 0. The molecule has 0 bridgehead atoms. The molecule has 3 aromatic heterocycles. The van der Waals surface area contributed by atoms with E-state index in [4.69, 9.17) is 9.97 Å². The average Bonchev–Trinajstić information content (AvgIpc) is 3.67. The lowest BCUT2D eigenvalue weighted by molar-refractivity contribution is 1.02. The molecule has 0 radical (unpaired) electrons. The van der Waals surface area contributed by atoms with Gasteiger partial charge in [-0.3, -0.25) is 4.57 Å². The molecule has 7 aromatic carbocycles. The molecule has 10 aromatic rings. The highest BCUT2D eigenvalue weighted by Gasteiger charge is 2.21. The lowest BCUT2D eigenvalue weighted by atomic mass is 9.96. The maximum atomic E-state index is 5.46. The molecule has 0 saturated heterocycles. The predicted octanol–water partition coefficient (Wildman–Crippen LogP) is 11.9. The van der Waals surface area contributed by atoms with E-state index in [1.165, 1.54) is 58.4 Å². The highest BCUT2D eigenvalue weighted by atomic mass is 32.1. The minimum absolute atomic E-state index is 0.682. The van der Waals surface area contributed by atoms with Crippen molar-refractivity contribution in [3.8, 4) is 28.3 Å². The fourth-order valence-corrected chi connectivity index (χ4v) is 8.62. The van der Waals surface area contributed by atoms with Crippen molar-refractivity contribution in [2.75, 3.05) is 0 Å². The van der Waals surface area contributed by atoms with Crippen molar-refractivity contribution < 1.29 is 0 Å². The zero-order valence-electron chi connectivity index (χ0n) is 25.6. The summed E-state index contributed by atoms with van der Waals surface area (Å²) >= 11 is 1.87. The number of para-hydroxylation sites is 2. The Balaban J connectivity index is 1.32. The Morgan fingerprint density at radius 3 is 2.13 bits per heavy atom. The van der Waals surface area contributed by atoms with Gasteiger partial charge in [0.15, 0.2) is 0 Å². The Hall–Kier alpha value is -5.84. The standard InChI is InChI=1S/C43H27N3S/c1-26-25-29(27-11-3-2-4-12-27)21-22-30(26)40-35-15-5-8-16-36(35)44-43(45-40)46-37-17-9-6-13-31(37)33-23-19-28-20-24-34-32-14-7-10-18-38(32)47-42(34)39(28)41(33)46/h2-25H,1H3. The molecule has 0 aliphatic heterocycles. The Morgan fingerprint density at radius 1 is 0.553 bits per heavy atom. The molecule has 0 spiro atoms. The Kier molecular flexibility index (Phi) is 5.66. The van der Waals surface area contributed by atoms with Crippen molar-refractivity contribution in [3.05, 3.63) is 151 Å². The number of thiophene rings is 1. The van der Waals surface area contributed by atoms with Crippen LogP contribution in [0.25, 0.3) is 92.0 Å². The van der Waals surface area contributed by atoms with Gasteiger partial charge in [-0.25, -0.2) is 9.97 Å². The van der Waals surface area contributed by atoms with Crippen molar-refractivity contribution in [1.82, 2.24) is 14.5 Å². The molecule has 10 rings (SSSR count). The number of benzene rings is 7. The fourth-order valence-electron chi connectivity index (χ4n) is 7.36. The molecule has 0 unspecified atom stereocenters. The lowest BCUT2D eigenvalue weighted by Crippen LogP contribution is -2.04. The van der Waals surface area contributed by atoms with Gasteiger partial charge in [-0.05, 0) is 47.2 Å². The van der Waals surface area contributed by atoms with Crippen molar-refractivity contribution >= 4 is 75.0 Å². The maximum absolute atomic E-state index is 5.46. The molecule has 0 amide bonds. The van der Waals surface area contributed by atoms with Crippen molar-refractivity contribution in [2.45, 2.75) is 6.92 Å². The number of aromatic nitrogens is 3. The normalized spacial score (nSPS) is 11.9. The van der Waals surface area contributed by atoms with Gasteiger partial charge in [0.05, 0.1) is 22.2 Å². The third-order valence-electron chi connectivity index (χ3n) is 9.54. The molecule has 0 aliphatic rings. The molecular formula is C43H27N3S. The van der Waals surface area contributed by atoms with Gasteiger partial charge in [-0.15, -0.1) is 11.3 Å². The smallest absolute Gasteiger partial charge is 0.235 e. The van der Waals surface area contributed by atoms with Crippen LogP contribution in [-0.4, -0.2) is 14.5 Å². The number of hydrogen-bond acceptors (Lipinski definition) is 3. The van der Waals surface area contributed by atoms with Gasteiger partial charge in [0.1, 0.15) is 0 Å². The van der Waals surface area contributed by atoms with E-state index in [1.807, 2.05) is 11.3 Å². The van der Waals surface area contributed by atoms with Crippen LogP contribution in [0.5, 0.6) is 0 Å². The van der Waals surface area contributed by atoms with E-state index in [9.17, 15) is 0 Å². The zero-order valence-corrected chi connectivity index (χ0v) is 26.4. The molecule has 3 nitrogen and oxygen atoms in total. The first-order valence-corrected chi connectivity index (χ1v) is 16.7. The van der Waals surface area contributed by atoms with Crippen molar-refractivity contribution in [2.24, 2.45) is 0 Å². The fraction of sp³-hybridized carbons (Fsp3) is 0.0233. The molecule has 0 aliphatic carbocycles. The number of nitrogens with zero attached hydrogens (tertiary/aromatic N) is 3. The largest absolute Gasteiger partial charge is 0.277 e. The van der Waals surface area contributed by atoms with Gasteiger partial charge < -0.3 is 0 Å². The quantitative estimate of drug-likeness (QED) is 0.197. The van der Waals surface area contributed by atoms with E-state index in [1.54, 1.807) is 0 Å². The monoisotopic (exact) mass is 617 g/mol. The average molecular weight is 618 g/mol. The minimum atomic E-state index is 0.682. The molecule has 47 heavy (non-hydrogen) atoms. The van der Waals surface area contributed by atoms with Crippen LogP contribution in [0.1, 0.15) is 5.56 Å². The second kappa shape index (κ2) is 10.1. The molecule has 0 saturated carbocycles. The number of aryl methyl sites for hydroxylation is 1. The molecule has 220 valence electrons. The van der Waals surface area contributed by atoms with Crippen LogP contribution in [0.15, 0.2) is 146 Å².